The molecule has 3 nitrogen and oxygen atoms in total. The van der Waals surface area contributed by atoms with Crippen LogP contribution in [0.25, 0.3) is 0 Å². The molecule has 0 saturated heterocycles. The molecule has 1 rings (SSSR count). The van der Waals surface area contributed by atoms with Crippen molar-refractivity contribution >= 4 is 11.6 Å². The lowest BCUT2D eigenvalue weighted by molar-refractivity contribution is -0.116. The molecule has 3 heteroatoms. The first-order valence-corrected chi connectivity index (χ1v) is 4.91. The van der Waals surface area contributed by atoms with Crippen LogP contribution in [-0.4, -0.2) is 18.7 Å². The first kappa shape index (κ1) is 12.2. The summed E-state index contributed by atoms with van der Waals surface area (Å²) in [6.07, 6.45) is 0.0802. The molecule has 0 unspecified atom stereocenters. The van der Waals surface area contributed by atoms with Crippen LogP contribution in [0.15, 0.2) is 36.4 Å². The van der Waals surface area contributed by atoms with Crippen LogP contribution in [0.1, 0.15) is 23.7 Å². The number of rotatable bonds is 5. The van der Waals surface area contributed by atoms with E-state index in [1.54, 1.807) is 24.3 Å². The standard InChI is InChI=1S/C13H14O3/c1-9(8-10(2)14)13(15)11-6-4-5-7-12(11)16-3/h4-7H,1,8H2,2-3H3. The van der Waals surface area contributed by atoms with E-state index in [0.717, 1.165) is 0 Å². The highest BCUT2D eigenvalue weighted by atomic mass is 16.5. The highest BCUT2D eigenvalue weighted by Crippen LogP contribution is 2.21. The maximum Gasteiger partial charge on any atom is 0.192 e. The first-order chi connectivity index (χ1) is 7.56. The number of hydrogen-bond donors (Lipinski definition) is 0. The Bertz CT molecular complexity index is 433. The largest absolute Gasteiger partial charge is 0.496 e. The number of hydrogen-bond acceptors (Lipinski definition) is 3. The van der Waals surface area contributed by atoms with Crippen molar-refractivity contribution in [1.82, 2.24) is 0 Å². The average molecular weight is 218 g/mol. The third-order valence-electron chi connectivity index (χ3n) is 2.14. The fourth-order valence-electron chi connectivity index (χ4n) is 1.40. The van der Waals surface area contributed by atoms with E-state index in [-0.39, 0.29) is 23.6 Å². The molecule has 0 fully saturated rings. The molecule has 0 amide bonds. The molecule has 0 saturated carbocycles. The van der Waals surface area contributed by atoms with Crippen molar-refractivity contribution in [3.05, 3.63) is 42.0 Å². The number of para-hydroxylation sites is 1. The summed E-state index contributed by atoms with van der Waals surface area (Å²) >= 11 is 0. The molecule has 0 N–H and O–H groups in total. The van der Waals surface area contributed by atoms with Crippen LogP contribution in [-0.2, 0) is 4.79 Å². The Hall–Kier alpha value is -1.90. The smallest absolute Gasteiger partial charge is 0.192 e. The van der Waals surface area contributed by atoms with E-state index >= 15 is 0 Å². The number of benzene rings is 1. The van der Waals surface area contributed by atoms with Gasteiger partial charge in [0.25, 0.3) is 0 Å². The normalized spacial score (nSPS) is 9.62. The summed E-state index contributed by atoms with van der Waals surface area (Å²) in [5.74, 6) is 0.179. The van der Waals surface area contributed by atoms with Crippen molar-refractivity contribution in [2.75, 3.05) is 7.11 Å². The second-order valence-electron chi connectivity index (χ2n) is 3.51. The second-order valence-corrected chi connectivity index (χ2v) is 3.51. The minimum Gasteiger partial charge on any atom is -0.496 e. The van der Waals surface area contributed by atoms with E-state index in [4.69, 9.17) is 4.74 Å². The molecular formula is C13H14O3. The van der Waals surface area contributed by atoms with Gasteiger partial charge in [0, 0.05) is 12.0 Å². The van der Waals surface area contributed by atoms with Gasteiger partial charge >= 0.3 is 0 Å². The van der Waals surface area contributed by atoms with E-state index < -0.39 is 0 Å². The molecule has 0 heterocycles. The van der Waals surface area contributed by atoms with Gasteiger partial charge in [-0.25, -0.2) is 0 Å². The number of ether oxygens (including phenoxy) is 1. The van der Waals surface area contributed by atoms with Crippen LogP contribution in [0.2, 0.25) is 0 Å². The van der Waals surface area contributed by atoms with Gasteiger partial charge in [0.05, 0.1) is 12.7 Å². The third-order valence-corrected chi connectivity index (χ3v) is 2.14. The van der Waals surface area contributed by atoms with E-state index in [9.17, 15) is 9.59 Å². The van der Waals surface area contributed by atoms with Gasteiger partial charge < -0.3 is 4.74 Å². The Balaban J connectivity index is 2.96. The van der Waals surface area contributed by atoms with Gasteiger partial charge in [-0.15, -0.1) is 0 Å². The zero-order valence-electron chi connectivity index (χ0n) is 9.45. The summed E-state index contributed by atoms with van der Waals surface area (Å²) in [5, 5.41) is 0. The fraction of sp³-hybridized carbons (Fsp3) is 0.231. The van der Waals surface area contributed by atoms with Gasteiger partial charge in [-0.1, -0.05) is 18.7 Å². The maximum atomic E-state index is 11.9. The van der Waals surface area contributed by atoms with Crippen LogP contribution < -0.4 is 4.74 Å². The van der Waals surface area contributed by atoms with Crippen LogP contribution in [0.3, 0.4) is 0 Å². The van der Waals surface area contributed by atoms with E-state index in [2.05, 4.69) is 6.58 Å². The highest BCUT2D eigenvalue weighted by molar-refractivity contribution is 6.12. The zero-order valence-corrected chi connectivity index (χ0v) is 9.45. The summed E-state index contributed by atoms with van der Waals surface area (Å²) < 4.78 is 5.07. The lowest BCUT2D eigenvalue weighted by atomic mass is 10.0. The molecule has 0 aliphatic carbocycles. The van der Waals surface area contributed by atoms with Gasteiger partial charge in [-0.05, 0) is 19.1 Å². The molecule has 0 aliphatic rings. The second kappa shape index (κ2) is 5.26. The van der Waals surface area contributed by atoms with Gasteiger partial charge in [0.2, 0.25) is 0 Å². The first-order valence-electron chi connectivity index (χ1n) is 4.91. The van der Waals surface area contributed by atoms with E-state index in [1.807, 2.05) is 0 Å². The van der Waals surface area contributed by atoms with Gasteiger partial charge in [-0.3, -0.25) is 9.59 Å². The Morgan fingerprint density at radius 1 is 1.31 bits per heavy atom. The highest BCUT2D eigenvalue weighted by Gasteiger charge is 2.15. The summed E-state index contributed by atoms with van der Waals surface area (Å²) in [7, 11) is 1.50. The van der Waals surface area contributed by atoms with E-state index in [1.165, 1.54) is 14.0 Å². The lowest BCUT2D eigenvalue weighted by Crippen LogP contribution is -2.07. The molecule has 0 aliphatic heterocycles. The summed E-state index contributed by atoms with van der Waals surface area (Å²) in [6, 6.07) is 6.89. The topological polar surface area (TPSA) is 43.4 Å². The fourth-order valence-corrected chi connectivity index (χ4v) is 1.40. The monoisotopic (exact) mass is 218 g/mol. The van der Waals surface area contributed by atoms with Crippen LogP contribution in [0.5, 0.6) is 5.75 Å². The summed E-state index contributed by atoms with van der Waals surface area (Å²) in [5.41, 5.74) is 0.730. The lowest BCUT2D eigenvalue weighted by Gasteiger charge is -2.07. The Labute approximate surface area is 94.7 Å². The SMILES string of the molecule is C=C(CC(C)=O)C(=O)c1ccccc1OC. The maximum absolute atomic E-state index is 11.9. The quantitative estimate of drug-likeness (QED) is 0.563. The Morgan fingerprint density at radius 3 is 2.50 bits per heavy atom. The molecule has 16 heavy (non-hydrogen) atoms. The predicted octanol–water partition coefficient (Wildman–Crippen LogP) is 2.41. The number of Topliss-reactive ketones (excluding diaryl/α,β-unsaturated/α-hetero) is 2. The van der Waals surface area contributed by atoms with Crippen LogP contribution in [0, 0.1) is 0 Å². The molecule has 0 atom stereocenters. The molecule has 1 aromatic carbocycles. The minimum atomic E-state index is -0.243. The van der Waals surface area contributed by atoms with Crippen molar-refractivity contribution in [1.29, 1.82) is 0 Å². The molecule has 0 bridgehead atoms. The van der Waals surface area contributed by atoms with Gasteiger partial charge in [-0.2, -0.15) is 0 Å². The molecule has 1 aromatic rings. The van der Waals surface area contributed by atoms with Crippen LogP contribution in [0.4, 0.5) is 0 Å². The molecular weight excluding hydrogens is 204 g/mol. The Morgan fingerprint density at radius 2 is 1.94 bits per heavy atom. The zero-order chi connectivity index (χ0) is 12.1. The number of methoxy groups -OCH3 is 1. The van der Waals surface area contributed by atoms with Crippen molar-refractivity contribution in [3.8, 4) is 5.75 Å². The van der Waals surface area contributed by atoms with Gasteiger partial charge in [0.15, 0.2) is 5.78 Å². The number of carbonyl (C=O) groups excluding carboxylic acids is 2. The van der Waals surface area contributed by atoms with Crippen molar-refractivity contribution in [2.24, 2.45) is 0 Å². The number of carbonyl (C=O) groups is 2. The van der Waals surface area contributed by atoms with Crippen molar-refractivity contribution in [3.63, 3.8) is 0 Å². The van der Waals surface area contributed by atoms with Crippen LogP contribution >= 0.6 is 0 Å². The average Bonchev–Trinajstić information content (AvgIpc) is 2.27. The molecule has 0 aromatic heterocycles. The predicted molar refractivity (Wildman–Crippen MR) is 61.8 cm³/mol. The number of ketones is 2. The van der Waals surface area contributed by atoms with Gasteiger partial charge in [0.1, 0.15) is 11.5 Å². The summed E-state index contributed by atoms with van der Waals surface area (Å²) in [6.45, 7) is 5.05. The number of allylic oxidation sites excluding steroid dienone is 1. The summed E-state index contributed by atoms with van der Waals surface area (Å²) in [4.78, 5) is 22.8. The molecule has 0 radical (unpaired) electrons. The minimum absolute atomic E-state index is 0.0757. The third kappa shape index (κ3) is 2.79. The molecule has 0 spiro atoms. The van der Waals surface area contributed by atoms with E-state index in [0.29, 0.717) is 11.3 Å². The van der Waals surface area contributed by atoms with Crippen molar-refractivity contribution in [2.45, 2.75) is 13.3 Å². The Kier molecular flexibility index (Phi) is 4.00. The molecule has 84 valence electrons. The van der Waals surface area contributed by atoms with Crippen molar-refractivity contribution < 1.29 is 14.3 Å².